The van der Waals surface area contributed by atoms with Crippen LogP contribution in [0.15, 0.2) is 53.4 Å². The highest BCUT2D eigenvalue weighted by Crippen LogP contribution is 2.22. The van der Waals surface area contributed by atoms with E-state index in [-0.39, 0.29) is 16.5 Å². The van der Waals surface area contributed by atoms with Crippen molar-refractivity contribution in [2.45, 2.75) is 23.8 Å². The molecule has 0 saturated heterocycles. The van der Waals surface area contributed by atoms with Gasteiger partial charge < -0.3 is 10.1 Å². The van der Waals surface area contributed by atoms with Gasteiger partial charge in [-0.3, -0.25) is 4.79 Å². The van der Waals surface area contributed by atoms with Crippen molar-refractivity contribution in [3.05, 3.63) is 59.7 Å². The molecule has 0 unspecified atom stereocenters. The lowest BCUT2D eigenvalue weighted by atomic mass is 10.2. The molecule has 8 heteroatoms. The summed E-state index contributed by atoms with van der Waals surface area (Å²) in [7, 11) is -2.34. The van der Waals surface area contributed by atoms with E-state index in [1.807, 2.05) is 0 Å². The normalized spacial score (nSPS) is 13.9. The monoisotopic (exact) mass is 374 g/mol. The van der Waals surface area contributed by atoms with Crippen molar-refractivity contribution in [2.75, 3.05) is 12.4 Å². The van der Waals surface area contributed by atoms with Crippen LogP contribution in [-0.4, -0.2) is 33.4 Å². The predicted octanol–water partition coefficient (Wildman–Crippen LogP) is 2.17. The lowest BCUT2D eigenvalue weighted by molar-refractivity contribution is 0.0600. The van der Waals surface area contributed by atoms with Crippen molar-refractivity contribution in [1.29, 1.82) is 0 Å². The van der Waals surface area contributed by atoms with Crippen LogP contribution in [-0.2, 0) is 14.8 Å². The van der Waals surface area contributed by atoms with E-state index in [9.17, 15) is 18.0 Å². The van der Waals surface area contributed by atoms with Gasteiger partial charge >= 0.3 is 5.97 Å². The molecule has 136 valence electrons. The zero-order chi connectivity index (χ0) is 18.7. The molecule has 0 aliphatic heterocycles. The van der Waals surface area contributed by atoms with Crippen LogP contribution in [0.3, 0.4) is 0 Å². The first kappa shape index (κ1) is 18.1. The van der Waals surface area contributed by atoms with E-state index in [2.05, 4.69) is 14.8 Å². The Labute approximate surface area is 151 Å². The van der Waals surface area contributed by atoms with E-state index in [1.54, 1.807) is 12.1 Å². The summed E-state index contributed by atoms with van der Waals surface area (Å²) in [6, 6.07) is 12.0. The minimum absolute atomic E-state index is 0.00851. The maximum absolute atomic E-state index is 12.4. The van der Waals surface area contributed by atoms with Crippen LogP contribution in [0.2, 0.25) is 0 Å². The van der Waals surface area contributed by atoms with Gasteiger partial charge in [0.05, 0.1) is 17.6 Å². The molecule has 3 rings (SSSR count). The van der Waals surface area contributed by atoms with Crippen LogP contribution >= 0.6 is 0 Å². The topological polar surface area (TPSA) is 102 Å². The van der Waals surface area contributed by atoms with E-state index in [0.29, 0.717) is 11.3 Å². The molecule has 1 saturated carbocycles. The number of anilines is 1. The van der Waals surface area contributed by atoms with Crippen LogP contribution in [0, 0.1) is 0 Å². The Bertz CT molecular complexity index is 934. The van der Waals surface area contributed by atoms with Crippen molar-refractivity contribution < 1.29 is 22.7 Å². The molecular formula is C18H18N2O5S. The molecule has 26 heavy (non-hydrogen) atoms. The number of ether oxygens (including phenoxy) is 1. The van der Waals surface area contributed by atoms with E-state index in [4.69, 9.17) is 0 Å². The quantitative estimate of drug-likeness (QED) is 0.755. The summed E-state index contributed by atoms with van der Waals surface area (Å²) in [6.07, 6.45) is 1.67. The minimum Gasteiger partial charge on any atom is -0.465 e. The Morgan fingerprint density at radius 3 is 2.35 bits per heavy atom. The molecule has 0 atom stereocenters. The van der Waals surface area contributed by atoms with Gasteiger partial charge in [0.25, 0.3) is 5.91 Å². The smallest absolute Gasteiger partial charge is 0.337 e. The predicted molar refractivity (Wildman–Crippen MR) is 95.5 cm³/mol. The molecule has 0 spiro atoms. The van der Waals surface area contributed by atoms with Crippen molar-refractivity contribution in [3.63, 3.8) is 0 Å². The molecule has 2 aromatic rings. The third-order valence-corrected chi connectivity index (χ3v) is 5.39. The average molecular weight is 374 g/mol. The minimum atomic E-state index is -3.63. The molecular weight excluding hydrogens is 356 g/mol. The average Bonchev–Trinajstić information content (AvgIpc) is 3.45. The third-order valence-electron chi connectivity index (χ3n) is 3.87. The second-order valence-electron chi connectivity index (χ2n) is 5.95. The van der Waals surface area contributed by atoms with E-state index in [0.717, 1.165) is 12.8 Å². The number of sulfonamides is 1. The second-order valence-corrected chi connectivity index (χ2v) is 7.66. The van der Waals surface area contributed by atoms with Crippen molar-refractivity contribution in [3.8, 4) is 0 Å². The van der Waals surface area contributed by atoms with Gasteiger partial charge in [-0.1, -0.05) is 6.07 Å². The van der Waals surface area contributed by atoms with Gasteiger partial charge in [-0.05, 0) is 55.3 Å². The van der Waals surface area contributed by atoms with Crippen LogP contribution in [0.5, 0.6) is 0 Å². The Hall–Kier alpha value is -2.71. The summed E-state index contributed by atoms with van der Waals surface area (Å²) in [5.74, 6) is -0.914. The fourth-order valence-corrected chi connectivity index (χ4v) is 3.65. The summed E-state index contributed by atoms with van der Waals surface area (Å²) in [6.45, 7) is 0. The van der Waals surface area contributed by atoms with Crippen molar-refractivity contribution >= 4 is 27.6 Å². The Balaban J connectivity index is 1.73. The fourth-order valence-electron chi connectivity index (χ4n) is 2.30. The van der Waals surface area contributed by atoms with Crippen molar-refractivity contribution in [2.24, 2.45) is 0 Å². The first-order valence-corrected chi connectivity index (χ1v) is 9.49. The van der Waals surface area contributed by atoms with E-state index >= 15 is 0 Å². The van der Waals surface area contributed by atoms with Crippen LogP contribution in [0.1, 0.15) is 33.6 Å². The fraction of sp³-hybridized carbons (Fsp3) is 0.222. The number of nitrogens with one attached hydrogen (secondary N) is 2. The van der Waals surface area contributed by atoms with Gasteiger partial charge in [0.2, 0.25) is 10.0 Å². The zero-order valence-corrected chi connectivity index (χ0v) is 14.9. The summed E-state index contributed by atoms with van der Waals surface area (Å²) >= 11 is 0. The number of rotatable bonds is 6. The first-order chi connectivity index (χ1) is 12.4. The molecule has 0 bridgehead atoms. The maximum atomic E-state index is 12.4. The molecule has 0 radical (unpaired) electrons. The van der Waals surface area contributed by atoms with E-state index < -0.39 is 21.9 Å². The summed E-state index contributed by atoms with van der Waals surface area (Å²) < 4.78 is 31.7. The largest absolute Gasteiger partial charge is 0.465 e. The number of carbonyl (C=O) groups excluding carboxylic acids is 2. The molecule has 1 fully saturated rings. The number of carbonyl (C=O) groups is 2. The number of benzene rings is 2. The molecule has 1 aliphatic rings. The lowest BCUT2D eigenvalue weighted by Crippen LogP contribution is -2.26. The Morgan fingerprint density at radius 1 is 1.04 bits per heavy atom. The highest BCUT2D eigenvalue weighted by atomic mass is 32.2. The number of amides is 1. The summed E-state index contributed by atoms with van der Waals surface area (Å²) in [4.78, 5) is 23.8. The van der Waals surface area contributed by atoms with Crippen LogP contribution < -0.4 is 10.0 Å². The third kappa shape index (κ3) is 4.27. The molecule has 2 N–H and O–H groups in total. The zero-order valence-electron chi connectivity index (χ0n) is 14.1. The van der Waals surface area contributed by atoms with E-state index in [1.165, 1.54) is 43.5 Å². The molecule has 0 heterocycles. The van der Waals surface area contributed by atoms with Gasteiger partial charge in [-0.15, -0.1) is 0 Å². The number of esters is 1. The molecule has 0 aromatic heterocycles. The standard InChI is InChI=1S/C18H18N2O5S/c1-25-18(22)12-5-7-14(8-6-12)19-17(21)13-3-2-4-16(11-13)26(23,24)20-15-9-10-15/h2-8,11,15,20H,9-10H2,1H3,(H,19,21). The highest BCUT2D eigenvalue weighted by Gasteiger charge is 2.28. The number of hydrogen-bond acceptors (Lipinski definition) is 5. The summed E-state index contributed by atoms with van der Waals surface area (Å²) in [5, 5.41) is 2.67. The van der Waals surface area contributed by atoms with Crippen LogP contribution in [0.4, 0.5) is 5.69 Å². The van der Waals surface area contributed by atoms with Crippen molar-refractivity contribution in [1.82, 2.24) is 4.72 Å². The molecule has 1 amide bonds. The van der Waals surface area contributed by atoms with Gasteiger partial charge in [-0.2, -0.15) is 0 Å². The second kappa shape index (κ2) is 7.27. The summed E-state index contributed by atoms with van der Waals surface area (Å²) in [5.41, 5.74) is 1.07. The van der Waals surface area contributed by atoms with Gasteiger partial charge in [0.15, 0.2) is 0 Å². The number of hydrogen-bond donors (Lipinski definition) is 2. The lowest BCUT2D eigenvalue weighted by Gasteiger charge is -2.09. The Morgan fingerprint density at radius 2 is 1.73 bits per heavy atom. The SMILES string of the molecule is COC(=O)c1ccc(NC(=O)c2cccc(S(=O)(=O)NC3CC3)c2)cc1. The number of methoxy groups -OCH3 is 1. The van der Waals surface area contributed by atoms with Gasteiger partial charge in [-0.25, -0.2) is 17.9 Å². The molecule has 1 aliphatic carbocycles. The van der Waals surface area contributed by atoms with Gasteiger partial charge in [0.1, 0.15) is 0 Å². The molecule has 7 nitrogen and oxygen atoms in total. The van der Waals surface area contributed by atoms with Crippen LogP contribution in [0.25, 0.3) is 0 Å². The maximum Gasteiger partial charge on any atom is 0.337 e. The first-order valence-electron chi connectivity index (χ1n) is 8.01. The highest BCUT2D eigenvalue weighted by molar-refractivity contribution is 7.89. The molecule has 2 aromatic carbocycles. The Kier molecular flexibility index (Phi) is 5.06. The van der Waals surface area contributed by atoms with Gasteiger partial charge in [0, 0.05) is 17.3 Å².